The molecule has 1 heterocycles. The van der Waals surface area contributed by atoms with Crippen molar-refractivity contribution in [2.45, 2.75) is 26.4 Å². The third-order valence-electron chi connectivity index (χ3n) is 3.38. The molecule has 1 aromatic carbocycles. The molecule has 0 saturated carbocycles. The SMILES string of the molecule is CC(C)N(C)CCn1c(N)nc2cc(Cl)c(F)cc21. The molecule has 0 aliphatic rings. The van der Waals surface area contributed by atoms with Gasteiger partial charge in [0, 0.05) is 25.2 Å². The van der Waals surface area contributed by atoms with Crippen LogP contribution in [0.1, 0.15) is 13.8 Å². The van der Waals surface area contributed by atoms with Gasteiger partial charge >= 0.3 is 0 Å². The average Bonchev–Trinajstić information content (AvgIpc) is 2.62. The minimum Gasteiger partial charge on any atom is -0.369 e. The molecule has 104 valence electrons. The van der Waals surface area contributed by atoms with Crippen molar-refractivity contribution in [3.05, 3.63) is 23.0 Å². The van der Waals surface area contributed by atoms with Gasteiger partial charge in [0.2, 0.25) is 5.95 Å². The van der Waals surface area contributed by atoms with Crippen LogP contribution < -0.4 is 5.73 Å². The van der Waals surface area contributed by atoms with Crippen LogP contribution in [0.4, 0.5) is 10.3 Å². The van der Waals surface area contributed by atoms with Crippen molar-refractivity contribution in [2.24, 2.45) is 0 Å². The summed E-state index contributed by atoms with van der Waals surface area (Å²) in [5.41, 5.74) is 7.18. The maximum absolute atomic E-state index is 13.5. The third-order valence-corrected chi connectivity index (χ3v) is 3.67. The molecule has 0 unspecified atom stereocenters. The van der Waals surface area contributed by atoms with Crippen LogP contribution in [0.2, 0.25) is 5.02 Å². The number of nitrogens with two attached hydrogens (primary N) is 1. The van der Waals surface area contributed by atoms with E-state index in [1.807, 2.05) is 11.6 Å². The average molecular weight is 285 g/mol. The van der Waals surface area contributed by atoms with E-state index in [1.165, 1.54) is 12.1 Å². The van der Waals surface area contributed by atoms with E-state index in [0.29, 0.717) is 29.6 Å². The lowest BCUT2D eigenvalue weighted by molar-refractivity contribution is 0.264. The highest BCUT2D eigenvalue weighted by Gasteiger charge is 2.12. The molecule has 2 rings (SSSR count). The molecule has 0 fully saturated rings. The number of benzene rings is 1. The van der Waals surface area contributed by atoms with E-state index in [2.05, 4.69) is 23.7 Å². The van der Waals surface area contributed by atoms with E-state index in [1.54, 1.807) is 0 Å². The van der Waals surface area contributed by atoms with Crippen molar-refractivity contribution in [1.82, 2.24) is 14.5 Å². The van der Waals surface area contributed by atoms with Crippen LogP contribution in [0.15, 0.2) is 12.1 Å². The van der Waals surface area contributed by atoms with E-state index in [4.69, 9.17) is 17.3 Å². The minimum atomic E-state index is -0.451. The maximum atomic E-state index is 13.5. The van der Waals surface area contributed by atoms with E-state index in [0.717, 1.165) is 6.54 Å². The molecule has 0 atom stereocenters. The van der Waals surface area contributed by atoms with Gasteiger partial charge < -0.3 is 15.2 Å². The molecule has 0 radical (unpaired) electrons. The number of nitrogens with zero attached hydrogens (tertiary/aromatic N) is 3. The minimum absolute atomic E-state index is 0.0662. The fraction of sp³-hybridized carbons (Fsp3) is 0.462. The molecule has 19 heavy (non-hydrogen) atoms. The largest absolute Gasteiger partial charge is 0.369 e. The van der Waals surface area contributed by atoms with Gasteiger partial charge in [0.25, 0.3) is 0 Å². The van der Waals surface area contributed by atoms with Crippen LogP contribution >= 0.6 is 11.6 Å². The van der Waals surface area contributed by atoms with Crippen molar-refractivity contribution < 1.29 is 4.39 Å². The van der Waals surface area contributed by atoms with Gasteiger partial charge in [-0.05, 0) is 27.0 Å². The summed E-state index contributed by atoms with van der Waals surface area (Å²) in [4.78, 5) is 6.40. The number of halogens is 2. The van der Waals surface area contributed by atoms with Crippen LogP contribution in [0.5, 0.6) is 0 Å². The highest BCUT2D eigenvalue weighted by molar-refractivity contribution is 6.31. The van der Waals surface area contributed by atoms with Crippen molar-refractivity contribution in [3.63, 3.8) is 0 Å². The van der Waals surface area contributed by atoms with Crippen molar-refractivity contribution >= 4 is 28.6 Å². The number of hydrogen-bond donors (Lipinski definition) is 1. The summed E-state index contributed by atoms with van der Waals surface area (Å²) < 4.78 is 15.4. The predicted octanol–water partition coefficient (Wildman–Crippen LogP) is 2.75. The molecule has 0 aliphatic heterocycles. The lowest BCUT2D eigenvalue weighted by Crippen LogP contribution is -2.29. The van der Waals surface area contributed by atoms with Crippen LogP contribution in [0.25, 0.3) is 11.0 Å². The van der Waals surface area contributed by atoms with Gasteiger partial charge in [-0.3, -0.25) is 0 Å². The molecule has 4 nitrogen and oxygen atoms in total. The Morgan fingerprint density at radius 2 is 2.16 bits per heavy atom. The summed E-state index contributed by atoms with van der Waals surface area (Å²) in [6.07, 6.45) is 0. The van der Waals surface area contributed by atoms with E-state index >= 15 is 0 Å². The van der Waals surface area contributed by atoms with Gasteiger partial charge in [0.1, 0.15) is 5.82 Å². The van der Waals surface area contributed by atoms with Crippen molar-refractivity contribution in [2.75, 3.05) is 19.3 Å². The number of anilines is 1. The summed E-state index contributed by atoms with van der Waals surface area (Å²) in [5.74, 6) is -0.0682. The molecule has 1 aromatic heterocycles. The Kier molecular flexibility index (Phi) is 3.96. The van der Waals surface area contributed by atoms with E-state index < -0.39 is 5.82 Å². The first-order valence-electron chi connectivity index (χ1n) is 6.21. The lowest BCUT2D eigenvalue weighted by Gasteiger charge is -2.21. The summed E-state index contributed by atoms with van der Waals surface area (Å²) in [5, 5.41) is 0.0662. The number of likely N-dealkylation sites (N-methyl/N-ethyl adjacent to an activating group) is 1. The molecule has 2 aromatic rings. The predicted molar refractivity (Wildman–Crippen MR) is 76.9 cm³/mol. The van der Waals surface area contributed by atoms with Crippen molar-refractivity contribution in [1.29, 1.82) is 0 Å². The Labute approximate surface area is 117 Å². The quantitative estimate of drug-likeness (QED) is 0.939. The van der Waals surface area contributed by atoms with Gasteiger partial charge in [-0.15, -0.1) is 0 Å². The first-order chi connectivity index (χ1) is 8.90. The number of fused-ring (bicyclic) bond motifs is 1. The second-order valence-electron chi connectivity index (χ2n) is 4.95. The summed E-state index contributed by atoms with van der Waals surface area (Å²) in [6.45, 7) is 5.72. The fourth-order valence-corrected chi connectivity index (χ4v) is 2.05. The Hall–Kier alpha value is -1.33. The first kappa shape index (κ1) is 14.1. The zero-order valence-electron chi connectivity index (χ0n) is 11.3. The molecule has 0 bridgehead atoms. The summed E-state index contributed by atoms with van der Waals surface area (Å²) in [6, 6.07) is 3.34. The van der Waals surface area contributed by atoms with Crippen LogP contribution in [0, 0.1) is 5.82 Å². The molecule has 6 heteroatoms. The molecule has 0 amide bonds. The Morgan fingerprint density at radius 1 is 1.47 bits per heavy atom. The topological polar surface area (TPSA) is 47.1 Å². The third kappa shape index (κ3) is 2.82. The molecule has 0 saturated heterocycles. The normalized spacial score (nSPS) is 11.9. The lowest BCUT2D eigenvalue weighted by atomic mass is 10.3. The maximum Gasteiger partial charge on any atom is 0.201 e. The molecular weight excluding hydrogens is 267 g/mol. The zero-order chi connectivity index (χ0) is 14.2. The number of hydrogen-bond acceptors (Lipinski definition) is 3. The highest BCUT2D eigenvalue weighted by atomic mass is 35.5. The zero-order valence-corrected chi connectivity index (χ0v) is 12.1. The smallest absolute Gasteiger partial charge is 0.201 e. The number of rotatable bonds is 4. The van der Waals surface area contributed by atoms with Crippen LogP contribution in [0.3, 0.4) is 0 Å². The van der Waals surface area contributed by atoms with Gasteiger partial charge in [-0.2, -0.15) is 0 Å². The molecule has 0 spiro atoms. The van der Waals surface area contributed by atoms with Gasteiger partial charge in [0.15, 0.2) is 0 Å². The second-order valence-corrected chi connectivity index (χ2v) is 5.36. The Balaban J connectivity index is 2.32. The highest BCUT2D eigenvalue weighted by Crippen LogP contribution is 2.24. The summed E-state index contributed by atoms with van der Waals surface area (Å²) in [7, 11) is 2.04. The molecule has 2 N–H and O–H groups in total. The molecular formula is C13H18ClFN4. The molecule has 0 aliphatic carbocycles. The van der Waals surface area contributed by atoms with E-state index in [9.17, 15) is 4.39 Å². The van der Waals surface area contributed by atoms with Crippen molar-refractivity contribution in [3.8, 4) is 0 Å². The monoisotopic (exact) mass is 284 g/mol. The number of nitrogen functional groups attached to an aromatic ring is 1. The van der Waals surface area contributed by atoms with E-state index in [-0.39, 0.29) is 5.02 Å². The van der Waals surface area contributed by atoms with Gasteiger partial charge in [-0.25, -0.2) is 9.37 Å². The van der Waals surface area contributed by atoms with Gasteiger partial charge in [-0.1, -0.05) is 11.6 Å². The van der Waals surface area contributed by atoms with Gasteiger partial charge in [0.05, 0.1) is 16.1 Å². The Morgan fingerprint density at radius 3 is 2.79 bits per heavy atom. The van der Waals surface area contributed by atoms with Crippen LogP contribution in [-0.2, 0) is 6.54 Å². The Bertz CT molecular complexity index is 594. The first-order valence-corrected chi connectivity index (χ1v) is 6.59. The fourth-order valence-electron chi connectivity index (χ4n) is 1.89. The summed E-state index contributed by atoms with van der Waals surface area (Å²) >= 11 is 5.75. The number of aromatic nitrogens is 2. The standard InChI is InChI=1S/C13H18ClFN4/c1-8(2)18(3)4-5-19-12-7-10(15)9(14)6-11(12)17-13(19)16/h6-8H,4-5H2,1-3H3,(H2,16,17). The number of imidazole rings is 1. The van der Waals surface area contributed by atoms with Crippen LogP contribution in [-0.4, -0.2) is 34.1 Å². The second kappa shape index (κ2) is 5.35.